The van der Waals surface area contributed by atoms with Crippen LogP contribution >= 0.6 is 11.6 Å². The molecule has 0 aliphatic carbocycles. The first-order valence-corrected chi connectivity index (χ1v) is 14.7. The molecule has 242 valence electrons. The van der Waals surface area contributed by atoms with Crippen LogP contribution in [0.25, 0.3) is 0 Å². The van der Waals surface area contributed by atoms with E-state index in [-0.39, 0.29) is 54.8 Å². The molecule has 13 heteroatoms. The van der Waals surface area contributed by atoms with Gasteiger partial charge in [0.05, 0.1) is 64.3 Å². The maximum Gasteiger partial charge on any atom is 0.305 e. The second-order valence-electron chi connectivity index (χ2n) is 9.61. The van der Waals surface area contributed by atoms with Crippen molar-refractivity contribution in [2.24, 2.45) is 0 Å². The number of rotatable bonds is 22. The number of carbonyl (C=O) groups is 3. The van der Waals surface area contributed by atoms with E-state index in [0.29, 0.717) is 63.3 Å². The lowest BCUT2D eigenvalue weighted by Gasteiger charge is -2.09. The molecule has 0 fully saturated rings. The second kappa shape index (κ2) is 20.2. The molecular formula is C32H36ClFN2O9. The van der Waals surface area contributed by atoms with Crippen LogP contribution in [-0.4, -0.2) is 87.2 Å². The van der Waals surface area contributed by atoms with Gasteiger partial charge in [-0.15, -0.1) is 0 Å². The molecule has 0 aliphatic rings. The topological polar surface area (TPSA) is 143 Å². The van der Waals surface area contributed by atoms with E-state index in [0.717, 1.165) is 5.56 Å². The summed E-state index contributed by atoms with van der Waals surface area (Å²) in [4.78, 5) is 39.4. The standard InChI is InChI=1S/C32H36ClFN2O9/c33-28-6-3-24(21-29(28)34)20-25(37)19-23-1-4-26(5-2-23)45-27-7-9-35-30(22-27)32(40)36-10-12-42-14-16-44-18-17-43-15-13-41-11-8-31(38)39/h1-7,9,21-22H,8,10-20H2,(H,36,40)(H,38,39). The third-order valence-corrected chi connectivity index (χ3v) is 6.32. The molecule has 0 radical (unpaired) electrons. The summed E-state index contributed by atoms with van der Waals surface area (Å²) in [5.41, 5.74) is 1.53. The van der Waals surface area contributed by atoms with E-state index < -0.39 is 11.8 Å². The number of hydrogen-bond donors (Lipinski definition) is 2. The number of carboxylic acids is 1. The number of Topliss-reactive ketones (excluding diaryl/α,β-unsaturated/α-hetero) is 1. The summed E-state index contributed by atoms with van der Waals surface area (Å²) in [5, 5.41) is 11.3. The summed E-state index contributed by atoms with van der Waals surface area (Å²) in [6, 6.07) is 14.5. The maximum absolute atomic E-state index is 13.6. The molecule has 3 rings (SSSR count). The van der Waals surface area contributed by atoms with Gasteiger partial charge in [-0.3, -0.25) is 19.4 Å². The quantitative estimate of drug-likeness (QED) is 0.152. The SMILES string of the molecule is O=C(O)CCOCCOCCOCCOCCNC(=O)c1cc(Oc2ccc(CC(=O)Cc3ccc(Cl)c(F)c3)cc2)ccn1. The van der Waals surface area contributed by atoms with Crippen LogP contribution < -0.4 is 10.1 Å². The average molecular weight is 647 g/mol. The summed E-state index contributed by atoms with van der Waals surface area (Å²) in [6.45, 7) is 2.91. The van der Waals surface area contributed by atoms with Crippen molar-refractivity contribution >= 4 is 29.3 Å². The van der Waals surface area contributed by atoms with Crippen molar-refractivity contribution in [3.8, 4) is 11.5 Å². The Hall–Kier alpha value is -3.94. The van der Waals surface area contributed by atoms with Gasteiger partial charge in [-0.2, -0.15) is 0 Å². The van der Waals surface area contributed by atoms with Crippen LogP contribution in [0, 0.1) is 5.82 Å². The zero-order chi connectivity index (χ0) is 32.3. The number of nitrogens with zero attached hydrogens (tertiary/aromatic N) is 1. The van der Waals surface area contributed by atoms with Crippen LogP contribution in [0.15, 0.2) is 60.8 Å². The molecule has 0 saturated carbocycles. The third kappa shape index (κ3) is 14.6. The number of halogens is 2. The fourth-order valence-electron chi connectivity index (χ4n) is 3.83. The molecule has 1 amide bonds. The van der Waals surface area contributed by atoms with E-state index in [1.165, 1.54) is 24.4 Å². The number of carboxylic acid groups (broad SMARTS) is 1. The van der Waals surface area contributed by atoms with Crippen LogP contribution in [0.5, 0.6) is 11.5 Å². The van der Waals surface area contributed by atoms with Gasteiger partial charge in [0.2, 0.25) is 0 Å². The number of aliphatic carboxylic acids is 1. The molecule has 0 spiro atoms. The van der Waals surface area contributed by atoms with Gasteiger partial charge >= 0.3 is 5.97 Å². The molecule has 2 N–H and O–H groups in total. The molecular weight excluding hydrogens is 611 g/mol. The van der Waals surface area contributed by atoms with Gasteiger partial charge in [-0.25, -0.2) is 4.39 Å². The van der Waals surface area contributed by atoms with Gasteiger partial charge in [0.1, 0.15) is 28.8 Å². The fraction of sp³-hybridized carbons (Fsp3) is 0.375. The summed E-state index contributed by atoms with van der Waals surface area (Å²) >= 11 is 5.70. The number of carbonyl (C=O) groups excluding carboxylic acids is 2. The summed E-state index contributed by atoms with van der Waals surface area (Å²) in [5.74, 6) is -0.947. The summed E-state index contributed by atoms with van der Waals surface area (Å²) in [6.07, 6.45) is 1.73. The summed E-state index contributed by atoms with van der Waals surface area (Å²) < 4.78 is 40.7. The van der Waals surface area contributed by atoms with Crippen LogP contribution in [0.1, 0.15) is 28.0 Å². The van der Waals surface area contributed by atoms with Crippen molar-refractivity contribution in [1.82, 2.24) is 10.3 Å². The van der Waals surface area contributed by atoms with E-state index in [1.54, 1.807) is 36.4 Å². The monoisotopic (exact) mass is 646 g/mol. The highest BCUT2D eigenvalue weighted by molar-refractivity contribution is 6.30. The van der Waals surface area contributed by atoms with Gasteiger partial charge in [-0.1, -0.05) is 29.8 Å². The van der Waals surface area contributed by atoms with Crippen LogP contribution in [-0.2, 0) is 41.4 Å². The smallest absolute Gasteiger partial charge is 0.305 e. The van der Waals surface area contributed by atoms with Crippen LogP contribution in [0.2, 0.25) is 5.02 Å². The molecule has 0 saturated heterocycles. The Morgan fingerprint density at radius 2 is 1.36 bits per heavy atom. The molecule has 0 bridgehead atoms. The van der Waals surface area contributed by atoms with Crippen molar-refractivity contribution in [3.05, 3.63) is 88.5 Å². The first-order chi connectivity index (χ1) is 21.8. The molecule has 11 nitrogen and oxygen atoms in total. The third-order valence-electron chi connectivity index (χ3n) is 6.02. The molecule has 0 atom stereocenters. The van der Waals surface area contributed by atoms with Crippen LogP contribution in [0.3, 0.4) is 0 Å². The minimum Gasteiger partial charge on any atom is -0.481 e. The number of aromatic nitrogens is 1. The Labute approximate surface area is 265 Å². The summed E-state index contributed by atoms with van der Waals surface area (Å²) in [7, 11) is 0. The Morgan fingerprint density at radius 3 is 2.00 bits per heavy atom. The van der Waals surface area contributed by atoms with Crippen molar-refractivity contribution in [3.63, 3.8) is 0 Å². The van der Waals surface area contributed by atoms with Gasteiger partial charge in [0.25, 0.3) is 5.91 Å². The number of ketones is 1. The molecule has 1 aromatic heterocycles. The lowest BCUT2D eigenvalue weighted by Crippen LogP contribution is -2.28. The molecule has 0 unspecified atom stereocenters. The average Bonchev–Trinajstić information content (AvgIpc) is 3.01. The van der Waals surface area contributed by atoms with Gasteiger partial charge in [0, 0.05) is 31.6 Å². The first-order valence-electron chi connectivity index (χ1n) is 14.3. The second-order valence-corrected chi connectivity index (χ2v) is 10.0. The maximum atomic E-state index is 13.6. The molecule has 2 aromatic carbocycles. The minimum absolute atomic E-state index is 0.0178. The van der Waals surface area contributed by atoms with Crippen molar-refractivity contribution in [1.29, 1.82) is 0 Å². The number of amides is 1. The van der Waals surface area contributed by atoms with Crippen molar-refractivity contribution in [2.75, 3.05) is 59.4 Å². The highest BCUT2D eigenvalue weighted by Gasteiger charge is 2.11. The molecule has 3 aromatic rings. The number of benzene rings is 2. The highest BCUT2D eigenvalue weighted by atomic mass is 35.5. The van der Waals surface area contributed by atoms with Gasteiger partial charge in [-0.05, 0) is 41.5 Å². The van der Waals surface area contributed by atoms with Crippen molar-refractivity contribution < 1.29 is 47.6 Å². The van der Waals surface area contributed by atoms with Crippen LogP contribution in [0.4, 0.5) is 4.39 Å². The van der Waals surface area contributed by atoms with Gasteiger partial charge in [0.15, 0.2) is 0 Å². The van der Waals surface area contributed by atoms with E-state index in [9.17, 15) is 18.8 Å². The fourth-order valence-corrected chi connectivity index (χ4v) is 3.94. The Balaban J connectivity index is 1.27. The highest BCUT2D eigenvalue weighted by Crippen LogP contribution is 2.22. The Morgan fingerprint density at radius 1 is 0.756 bits per heavy atom. The lowest BCUT2D eigenvalue weighted by atomic mass is 10.0. The number of hydrogen-bond acceptors (Lipinski definition) is 9. The van der Waals surface area contributed by atoms with E-state index in [4.69, 9.17) is 40.4 Å². The first kappa shape index (κ1) is 35.5. The largest absolute Gasteiger partial charge is 0.481 e. The zero-order valence-corrected chi connectivity index (χ0v) is 25.4. The number of ether oxygens (including phenoxy) is 5. The molecule has 0 aliphatic heterocycles. The normalized spacial score (nSPS) is 10.9. The predicted molar refractivity (Wildman–Crippen MR) is 162 cm³/mol. The van der Waals surface area contributed by atoms with E-state index >= 15 is 0 Å². The Kier molecular flexibility index (Phi) is 15.9. The predicted octanol–water partition coefficient (Wildman–Crippen LogP) is 4.29. The number of pyridine rings is 1. The van der Waals surface area contributed by atoms with Gasteiger partial charge < -0.3 is 34.1 Å². The number of nitrogens with one attached hydrogen (secondary N) is 1. The Bertz CT molecular complexity index is 1380. The zero-order valence-electron chi connectivity index (χ0n) is 24.7. The lowest BCUT2D eigenvalue weighted by molar-refractivity contribution is -0.138. The van der Waals surface area contributed by atoms with Crippen molar-refractivity contribution in [2.45, 2.75) is 19.3 Å². The molecule has 1 heterocycles. The molecule has 45 heavy (non-hydrogen) atoms. The van der Waals surface area contributed by atoms with E-state index in [1.807, 2.05) is 0 Å². The minimum atomic E-state index is -0.899. The van der Waals surface area contributed by atoms with E-state index in [2.05, 4.69) is 10.3 Å².